The van der Waals surface area contributed by atoms with E-state index in [0.29, 0.717) is 11.5 Å². The lowest BCUT2D eigenvalue weighted by Gasteiger charge is -2.07. The largest absolute Gasteiger partial charge is 0.321 e. The van der Waals surface area contributed by atoms with Gasteiger partial charge in [0, 0.05) is 16.1 Å². The summed E-state index contributed by atoms with van der Waals surface area (Å²) in [4.78, 5) is 13.2. The predicted molar refractivity (Wildman–Crippen MR) is 93.4 cm³/mol. The van der Waals surface area contributed by atoms with E-state index in [9.17, 15) is 4.79 Å². The summed E-state index contributed by atoms with van der Waals surface area (Å²) in [6, 6.07) is 12.4. The van der Waals surface area contributed by atoms with E-state index in [2.05, 4.69) is 43.4 Å². The van der Waals surface area contributed by atoms with Gasteiger partial charge in [-0.2, -0.15) is 0 Å². The Hall–Kier alpha value is -2.13. The fraction of sp³-hybridized carbons (Fsp3) is 0.211. The van der Waals surface area contributed by atoms with Crippen molar-refractivity contribution in [3.63, 3.8) is 0 Å². The molecule has 1 N–H and O–H groups in total. The molecule has 0 unspecified atom stereocenters. The number of thiophene rings is 1. The maximum atomic E-state index is 12.1. The topological polar surface area (TPSA) is 29.1 Å². The molecule has 1 aromatic heterocycles. The van der Waals surface area contributed by atoms with Crippen molar-refractivity contribution in [1.29, 1.82) is 0 Å². The first-order valence-electron chi connectivity index (χ1n) is 7.49. The number of amides is 1. The van der Waals surface area contributed by atoms with Crippen LogP contribution in [-0.4, -0.2) is 5.91 Å². The van der Waals surface area contributed by atoms with Gasteiger partial charge in [0.25, 0.3) is 5.91 Å². The standard InChI is InChI=1S/C19H19NOS/c1-13(2)10-14-5-7-15(8-6-14)18-12-16(19(21)20-18)11-17-4-3-9-22-17/h3-9,11-13H,10H2,1-2H3,(H,20,21). The van der Waals surface area contributed by atoms with Crippen LogP contribution in [0.2, 0.25) is 0 Å². The van der Waals surface area contributed by atoms with Crippen LogP contribution in [0.4, 0.5) is 0 Å². The average molecular weight is 309 g/mol. The second-order valence-electron chi connectivity index (χ2n) is 5.92. The molecular weight excluding hydrogens is 290 g/mol. The van der Waals surface area contributed by atoms with Gasteiger partial charge in [0.1, 0.15) is 0 Å². The van der Waals surface area contributed by atoms with Crippen LogP contribution in [0.25, 0.3) is 11.8 Å². The molecule has 3 rings (SSSR count). The third-order valence-electron chi connectivity index (χ3n) is 3.56. The van der Waals surface area contributed by atoms with E-state index in [1.54, 1.807) is 11.3 Å². The molecule has 1 aliphatic rings. The summed E-state index contributed by atoms with van der Waals surface area (Å²) in [6.07, 6.45) is 4.94. The zero-order valence-corrected chi connectivity index (χ0v) is 13.6. The van der Waals surface area contributed by atoms with Gasteiger partial charge in [-0.05, 0) is 47.1 Å². The number of carbonyl (C=O) groups excluding carboxylic acids is 1. The molecule has 0 radical (unpaired) electrons. The molecule has 22 heavy (non-hydrogen) atoms. The quantitative estimate of drug-likeness (QED) is 0.828. The SMILES string of the molecule is CC(C)Cc1ccc(C2=CC(=Cc3cccs3)C(=O)N2)cc1. The Bertz CT molecular complexity index is 721. The molecular formula is C19H19NOS. The van der Waals surface area contributed by atoms with Gasteiger partial charge in [-0.3, -0.25) is 4.79 Å². The molecule has 2 heterocycles. The summed E-state index contributed by atoms with van der Waals surface area (Å²) in [5.41, 5.74) is 3.97. The van der Waals surface area contributed by atoms with Crippen molar-refractivity contribution in [2.45, 2.75) is 20.3 Å². The molecule has 2 nitrogen and oxygen atoms in total. The van der Waals surface area contributed by atoms with E-state index in [1.165, 1.54) is 5.56 Å². The van der Waals surface area contributed by atoms with Gasteiger partial charge in [0.15, 0.2) is 0 Å². The van der Waals surface area contributed by atoms with Gasteiger partial charge in [0.05, 0.1) is 0 Å². The summed E-state index contributed by atoms with van der Waals surface area (Å²) >= 11 is 1.63. The molecule has 0 bridgehead atoms. The van der Waals surface area contributed by atoms with E-state index in [4.69, 9.17) is 0 Å². The van der Waals surface area contributed by atoms with Gasteiger partial charge < -0.3 is 5.32 Å². The van der Waals surface area contributed by atoms with E-state index in [0.717, 1.165) is 22.6 Å². The molecule has 1 amide bonds. The fourth-order valence-electron chi connectivity index (χ4n) is 2.53. The summed E-state index contributed by atoms with van der Waals surface area (Å²) in [5.74, 6) is 0.617. The number of hydrogen-bond donors (Lipinski definition) is 1. The maximum Gasteiger partial charge on any atom is 0.255 e. The molecule has 112 valence electrons. The van der Waals surface area contributed by atoms with Gasteiger partial charge in [-0.25, -0.2) is 0 Å². The molecule has 1 aromatic carbocycles. The minimum atomic E-state index is -0.0327. The monoisotopic (exact) mass is 309 g/mol. The van der Waals surface area contributed by atoms with Crippen LogP contribution >= 0.6 is 11.3 Å². The van der Waals surface area contributed by atoms with Crippen LogP contribution < -0.4 is 5.32 Å². The second kappa shape index (κ2) is 6.32. The van der Waals surface area contributed by atoms with Crippen molar-refractivity contribution < 1.29 is 4.79 Å². The van der Waals surface area contributed by atoms with Gasteiger partial charge >= 0.3 is 0 Å². The zero-order chi connectivity index (χ0) is 15.5. The Morgan fingerprint density at radius 3 is 2.59 bits per heavy atom. The highest BCUT2D eigenvalue weighted by atomic mass is 32.1. The van der Waals surface area contributed by atoms with Crippen LogP contribution in [0.15, 0.2) is 53.4 Å². The Morgan fingerprint density at radius 2 is 1.95 bits per heavy atom. The zero-order valence-electron chi connectivity index (χ0n) is 12.8. The molecule has 0 saturated carbocycles. The first-order chi connectivity index (χ1) is 10.6. The van der Waals surface area contributed by atoms with Crippen LogP contribution in [-0.2, 0) is 11.2 Å². The van der Waals surface area contributed by atoms with Gasteiger partial charge in [-0.1, -0.05) is 44.2 Å². The van der Waals surface area contributed by atoms with Crippen molar-refractivity contribution in [1.82, 2.24) is 5.32 Å². The Morgan fingerprint density at radius 1 is 1.18 bits per heavy atom. The third kappa shape index (κ3) is 3.37. The Labute approximate surface area is 135 Å². The van der Waals surface area contributed by atoms with E-state index >= 15 is 0 Å². The van der Waals surface area contributed by atoms with Crippen molar-refractivity contribution in [3.8, 4) is 0 Å². The highest BCUT2D eigenvalue weighted by molar-refractivity contribution is 7.10. The first-order valence-corrected chi connectivity index (χ1v) is 8.37. The van der Waals surface area contributed by atoms with Crippen LogP contribution in [0, 0.1) is 5.92 Å². The molecule has 0 atom stereocenters. The lowest BCUT2D eigenvalue weighted by atomic mass is 10.0. The van der Waals surface area contributed by atoms with Crippen LogP contribution in [0.1, 0.15) is 29.9 Å². The summed E-state index contributed by atoms with van der Waals surface area (Å²) in [5, 5.41) is 4.96. The van der Waals surface area contributed by atoms with Crippen LogP contribution in [0.3, 0.4) is 0 Å². The molecule has 1 aliphatic heterocycles. The van der Waals surface area contributed by atoms with E-state index in [-0.39, 0.29) is 5.91 Å². The normalized spacial score (nSPS) is 16.2. The number of rotatable bonds is 4. The van der Waals surface area contributed by atoms with Crippen molar-refractivity contribution >= 4 is 29.0 Å². The highest BCUT2D eigenvalue weighted by Crippen LogP contribution is 2.24. The van der Waals surface area contributed by atoms with Gasteiger partial charge in [-0.15, -0.1) is 11.3 Å². The third-order valence-corrected chi connectivity index (χ3v) is 4.38. The molecule has 0 fully saturated rings. The molecule has 0 saturated heterocycles. The number of hydrogen-bond acceptors (Lipinski definition) is 2. The van der Waals surface area contributed by atoms with Gasteiger partial charge in [0.2, 0.25) is 0 Å². The maximum absolute atomic E-state index is 12.1. The first kappa shape index (κ1) is 14.8. The van der Waals surface area contributed by atoms with E-state index in [1.807, 2.05) is 29.7 Å². The molecule has 0 aliphatic carbocycles. The second-order valence-corrected chi connectivity index (χ2v) is 6.90. The minimum absolute atomic E-state index is 0.0327. The minimum Gasteiger partial charge on any atom is -0.321 e. The lowest BCUT2D eigenvalue weighted by molar-refractivity contribution is -0.115. The van der Waals surface area contributed by atoms with Crippen molar-refractivity contribution in [3.05, 3.63) is 69.4 Å². The highest BCUT2D eigenvalue weighted by Gasteiger charge is 2.19. The van der Waals surface area contributed by atoms with Crippen molar-refractivity contribution in [2.75, 3.05) is 0 Å². The fourth-order valence-corrected chi connectivity index (χ4v) is 3.20. The predicted octanol–water partition coefficient (Wildman–Crippen LogP) is 4.50. The molecule has 0 spiro atoms. The summed E-state index contributed by atoms with van der Waals surface area (Å²) < 4.78 is 0. The molecule has 2 aromatic rings. The smallest absolute Gasteiger partial charge is 0.255 e. The molecule has 3 heteroatoms. The summed E-state index contributed by atoms with van der Waals surface area (Å²) in [6.45, 7) is 4.44. The number of benzene rings is 1. The van der Waals surface area contributed by atoms with E-state index < -0.39 is 0 Å². The van der Waals surface area contributed by atoms with Crippen LogP contribution in [0.5, 0.6) is 0 Å². The summed E-state index contributed by atoms with van der Waals surface area (Å²) in [7, 11) is 0. The van der Waals surface area contributed by atoms with Crippen molar-refractivity contribution in [2.24, 2.45) is 5.92 Å². The lowest BCUT2D eigenvalue weighted by Crippen LogP contribution is -2.15. The number of nitrogens with one attached hydrogen (secondary N) is 1. The Kier molecular flexibility index (Phi) is 4.25. The Balaban J connectivity index is 1.82. The number of carbonyl (C=O) groups is 1. The average Bonchev–Trinajstić information content (AvgIpc) is 3.10.